The SMILES string of the molecule is Cc1cc2c(C)cc(=O)[nH]c2cc1N1C(N)=NC(N)=NC12CCCCC2. The molecule has 1 spiro atoms. The lowest BCUT2D eigenvalue weighted by molar-refractivity contribution is 0.305. The van der Waals surface area contributed by atoms with Crippen molar-refractivity contribution in [2.45, 2.75) is 51.6 Å². The summed E-state index contributed by atoms with van der Waals surface area (Å²) in [5.41, 5.74) is 15.4. The highest BCUT2D eigenvalue weighted by atomic mass is 16.1. The number of anilines is 1. The number of nitrogens with one attached hydrogen (secondary N) is 1. The maximum Gasteiger partial charge on any atom is 0.248 e. The molecule has 0 unspecified atom stereocenters. The van der Waals surface area contributed by atoms with Crippen LogP contribution in [0.15, 0.2) is 33.0 Å². The fourth-order valence-corrected chi connectivity index (χ4v) is 4.28. The lowest BCUT2D eigenvalue weighted by Crippen LogP contribution is -2.58. The fraction of sp³-hybridized carbons (Fsp3) is 0.421. The van der Waals surface area contributed by atoms with Gasteiger partial charge >= 0.3 is 0 Å². The molecule has 1 aliphatic heterocycles. The normalized spacial score (nSPS) is 19.5. The zero-order valence-electron chi connectivity index (χ0n) is 15.2. The van der Waals surface area contributed by atoms with Crippen LogP contribution in [0.3, 0.4) is 0 Å². The van der Waals surface area contributed by atoms with Crippen molar-refractivity contribution in [3.8, 4) is 0 Å². The largest absolute Gasteiger partial charge is 0.369 e. The Hall–Kier alpha value is -2.83. The van der Waals surface area contributed by atoms with Crippen LogP contribution in [-0.2, 0) is 0 Å². The molecule has 1 fully saturated rings. The summed E-state index contributed by atoms with van der Waals surface area (Å²) in [4.78, 5) is 25.8. The summed E-state index contributed by atoms with van der Waals surface area (Å²) in [6.45, 7) is 3.99. The second kappa shape index (κ2) is 5.86. The van der Waals surface area contributed by atoms with Crippen molar-refractivity contribution in [3.05, 3.63) is 39.7 Å². The zero-order valence-corrected chi connectivity index (χ0v) is 15.2. The first-order chi connectivity index (χ1) is 12.4. The first kappa shape index (κ1) is 16.6. The van der Waals surface area contributed by atoms with E-state index in [0.717, 1.165) is 53.4 Å². The fourth-order valence-electron chi connectivity index (χ4n) is 4.28. The highest BCUT2D eigenvalue weighted by Crippen LogP contribution is 2.41. The maximum absolute atomic E-state index is 11.9. The summed E-state index contributed by atoms with van der Waals surface area (Å²) in [5.74, 6) is 0.597. The lowest BCUT2D eigenvalue weighted by Gasteiger charge is -2.46. The Kier molecular flexibility index (Phi) is 3.75. The first-order valence-corrected chi connectivity index (χ1v) is 9.04. The average molecular weight is 352 g/mol. The molecule has 2 heterocycles. The lowest BCUT2D eigenvalue weighted by atomic mass is 9.87. The number of aryl methyl sites for hydroxylation is 2. The molecule has 1 aliphatic carbocycles. The third-order valence-electron chi connectivity index (χ3n) is 5.46. The Morgan fingerprint density at radius 1 is 1.08 bits per heavy atom. The van der Waals surface area contributed by atoms with E-state index in [4.69, 9.17) is 16.5 Å². The van der Waals surface area contributed by atoms with Crippen molar-refractivity contribution < 1.29 is 0 Å². The summed E-state index contributed by atoms with van der Waals surface area (Å²) in [5, 5.41) is 1.03. The number of hydrogen-bond donors (Lipinski definition) is 3. The molecule has 4 rings (SSSR count). The number of aromatic amines is 1. The monoisotopic (exact) mass is 352 g/mol. The van der Waals surface area contributed by atoms with Gasteiger partial charge in [-0.05, 0) is 62.8 Å². The Labute approximate surface area is 151 Å². The highest BCUT2D eigenvalue weighted by Gasteiger charge is 2.43. The van der Waals surface area contributed by atoms with Crippen LogP contribution in [0.1, 0.15) is 43.2 Å². The number of rotatable bonds is 1. The predicted octanol–water partition coefficient (Wildman–Crippen LogP) is 2.25. The summed E-state index contributed by atoms with van der Waals surface area (Å²) in [7, 11) is 0. The van der Waals surface area contributed by atoms with Gasteiger partial charge in [0.15, 0.2) is 0 Å². The minimum Gasteiger partial charge on any atom is -0.369 e. The van der Waals surface area contributed by atoms with E-state index in [0.29, 0.717) is 5.96 Å². The molecule has 1 aromatic heterocycles. The van der Waals surface area contributed by atoms with Crippen molar-refractivity contribution in [2.75, 3.05) is 4.90 Å². The summed E-state index contributed by atoms with van der Waals surface area (Å²) >= 11 is 0. The van der Waals surface area contributed by atoms with Crippen LogP contribution in [-0.4, -0.2) is 22.6 Å². The summed E-state index contributed by atoms with van der Waals surface area (Å²) < 4.78 is 0. The molecule has 7 nitrogen and oxygen atoms in total. The van der Waals surface area contributed by atoms with Crippen molar-refractivity contribution >= 4 is 28.5 Å². The first-order valence-electron chi connectivity index (χ1n) is 9.04. The van der Waals surface area contributed by atoms with Crippen LogP contribution in [0.25, 0.3) is 10.9 Å². The number of benzene rings is 1. The molecule has 0 bridgehead atoms. The van der Waals surface area contributed by atoms with Crippen LogP contribution in [0.2, 0.25) is 0 Å². The van der Waals surface area contributed by atoms with Crippen LogP contribution in [0.5, 0.6) is 0 Å². The van der Waals surface area contributed by atoms with Crippen molar-refractivity contribution in [1.29, 1.82) is 0 Å². The third kappa shape index (κ3) is 2.55. The number of pyridine rings is 1. The smallest absolute Gasteiger partial charge is 0.248 e. The Balaban J connectivity index is 1.93. The zero-order chi connectivity index (χ0) is 18.5. The van der Waals surface area contributed by atoms with Gasteiger partial charge in [0.25, 0.3) is 0 Å². The van der Waals surface area contributed by atoms with Gasteiger partial charge in [0, 0.05) is 11.5 Å². The molecule has 7 heteroatoms. The number of aromatic nitrogens is 1. The number of hydrogen-bond acceptors (Lipinski definition) is 6. The molecule has 1 saturated carbocycles. The average Bonchev–Trinajstić information content (AvgIpc) is 2.56. The van der Waals surface area contributed by atoms with Crippen molar-refractivity contribution in [2.24, 2.45) is 21.5 Å². The predicted molar refractivity (Wildman–Crippen MR) is 106 cm³/mol. The second-order valence-electron chi connectivity index (χ2n) is 7.32. The van der Waals surface area contributed by atoms with E-state index in [1.165, 1.54) is 6.42 Å². The minimum absolute atomic E-state index is 0.111. The Morgan fingerprint density at radius 2 is 1.81 bits per heavy atom. The van der Waals surface area contributed by atoms with Crippen molar-refractivity contribution in [1.82, 2.24) is 4.98 Å². The van der Waals surface area contributed by atoms with Crippen LogP contribution < -0.4 is 21.9 Å². The molecule has 2 aliphatic rings. The standard InChI is InChI=1S/C19H24N6O/c1-11-9-16(26)22-14-10-15(12(2)8-13(11)14)25-18(21)23-17(20)24-19(25)6-4-3-5-7-19/h8-10H,3-7H2,1-2H3,(H,22,26)(H4,20,21,23,24). The van der Waals surface area contributed by atoms with Gasteiger partial charge in [-0.25, -0.2) is 4.99 Å². The quantitative estimate of drug-likeness (QED) is 0.730. The van der Waals surface area contributed by atoms with Crippen LogP contribution >= 0.6 is 0 Å². The molecule has 0 saturated heterocycles. The van der Waals surface area contributed by atoms with Gasteiger partial charge in [0.1, 0.15) is 5.66 Å². The molecule has 0 amide bonds. The number of fused-ring (bicyclic) bond motifs is 1. The maximum atomic E-state index is 11.9. The molecule has 5 N–H and O–H groups in total. The third-order valence-corrected chi connectivity index (χ3v) is 5.46. The van der Waals surface area contributed by atoms with E-state index in [1.807, 2.05) is 24.8 Å². The van der Waals surface area contributed by atoms with E-state index in [2.05, 4.69) is 16.0 Å². The van der Waals surface area contributed by atoms with E-state index in [1.54, 1.807) is 6.07 Å². The van der Waals surface area contributed by atoms with Gasteiger partial charge < -0.3 is 16.5 Å². The van der Waals surface area contributed by atoms with Crippen LogP contribution in [0.4, 0.5) is 5.69 Å². The van der Waals surface area contributed by atoms with Gasteiger partial charge in [-0.15, -0.1) is 0 Å². The van der Waals surface area contributed by atoms with Gasteiger partial charge in [0.2, 0.25) is 17.5 Å². The van der Waals surface area contributed by atoms with Gasteiger partial charge in [-0.3, -0.25) is 9.69 Å². The van der Waals surface area contributed by atoms with E-state index < -0.39 is 5.66 Å². The van der Waals surface area contributed by atoms with Crippen molar-refractivity contribution in [3.63, 3.8) is 0 Å². The Morgan fingerprint density at radius 3 is 2.54 bits per heavy atom. The molecule has 0 radical (unpaired) electrons. The second-order valence-corrected chi connectivity index (χ2v) is 7.32. The van der Waals surface area contributed by atoms with E-state index in [9.17, 15) is 4.79 Å². The van der Waals surface area contributed by atoms with Crippen LogP contribution in [0, 0.1) is 13.8 Å². The van der Waals surface area contributed by atoms with Gasteiger partial charge in [0.05, 0.1) is 11.2 Å². The molecule has 26 heavy (non-hydrogen) atoms. The molecule has 0 atom stereocenters. The molecule has 2 aromatic rings. The summed E-state index contributed by atoms with van der Waals surface area (Å²) in [6, 6.07) is 5.68. The number of guanidine groups is 2. The molecule has 1 aromatic carbocycles. The van der Waals surface area contributed by atoms with Gasteiger partial charge in [-0.2, -0.15) is 4.99 Å². The molecular weight excluding hydrogens is 328 g/mol. The summed E-state index contributed by atoms with van der Waals surface area (Å²) in [6.07, 6.45) is 5.09. The Bertz CT molecular complexity index is 997. The molecular formula is C19H24N6O. The number of H-pyrrole nitrogens is 1. The minimum atomic E-state index is -0.489. The topological polar surface area (TPSA) is 113 Å². The van der Waals surface area contributed by atoms with E-state index >= 15 is 0 Å². The highest BCUT2D eigenvalue weighted by molar-refractivity contribution is 6.07. The molecule has 136 valence electrons. The number of nitrogens with two attached hydrogens (primary N) is 2. The van der Waals surface area contributed by atoms with Gasteiger partial charge in [-0.1, -0.05) is 6.42 Å². The number of nitrogens with zero attached hydrogens (tertiary/aromatic N) is 3. The number of aliphatic imine (C=N–C) groups is 2. The van der Waals surface area contributed by atoms with E-state index in [-0.39, 0.29) is 11.5 Å².